The summed E-state index contributed by atoms with van der Waals surface area (Å²) in [4.78, 5) is 4.40. The van der Waals surface area contributed by atoms with Crippen LogP contribution in [0.25, 0.3) is 5.65 Å². The lowest BCUT2D eigenvalue weighted by molar-refractivity contribution is 0.558. The van der Waals surface area contributed by atoms with E-state index in [1.165, 1.54) is 0 Å². The Morgan fingerprint density at radius 3 is 2.74 bits per heavy atom. The van der Waals surface area contributed by atoms with E-state index in [-0.39, 0.29) is 17.5 Å². The monoisotopic (exact) mass is 280 g/mol. The van der Waals surface area contributed by atoms with Gasteiger partial charge in [0.25, 0.3) is 0 Å². The highest BCUT2D eigenvalue weighted by atomic mass is 32.2. The zero-order chi connectivity index (χ0) is 13.5. The van der Waals surface area contributed by atoms with Crippen molar-refractivity contribution in [2.24, 2.45) is 0 Å². The first-order valence-corrected chi connectivity index (χ1v) is 8.15. The van der Waals surface area contributed by atoms with Gasteiger partial charge in [-0.05, 0) is 31.9 Å². The molecule has 3 rings (SSSR count). The number of nitrogens with zero attached hydrogens (tertiary/aromatic N) is 3. The van der Waals surface area contributed by atoms with E-state index in [9.17, 15) is 8.42 Å². The molecule has 7 heteroatoms. The van der Waals surface area contributed by atoms with Crippen LogP contribution in [-0.4, -0.2) is 40.6 Å². The number of aryl methyl sites for hydroxylation is 1. The molecule has 3 heterocycles. The standard InChI is InChI=1S/C12H16N4O2S/c1-9-3-2-4-11-14-12(15-16(9)11)13-10-5-7-19(17,18)8-6-10/h2-4,10H,5-8H2,1H3,(H,13,15). The number of sulfone groups is 1. The third-order valence-corrected chi connectivity index (χ3v) is 5.15. The SMILES string of the molecule is Cc1cccc2nc(NC3CCS(=O)(=O)CC3)nn12. The van der Waals surface area contributed by atoms with E-state index in [2.05, 4.69) is 15.4 Å². The molecule has 0 spiro atoms. The van der Waals surface area contributed by atoms with Crippen LogP contribution in [0.1, 0.15) is 18.5 Å². The van der Waals surface area contributed by atoms with E-state index in [1.807, 2.05) is 25.1 Å². The van der Waals surface area contributed by atoms with E-state index < -0.39 is 9.84 Å². The van der Waals surface area contributed by atoms with Gasteiger partial charge in [0.1, 0.15) is 9.84 Å². The molecule has 0 atom stereocenters. The van der Waals surface area contributed by atoms with Gasteiger partial charge in [0.15, 0.2) is 5.65 Å². The molecule has 1 saturated heterocycles. The number of aromatic nitrogens is 3. The van der Waals surface area contributed by atoms with Crippen LogP contribution >= 0.6 is 0 Å². The second-order valence-corrected chi connectivity index (χ2v) is 7.25. The Hall–Kier alpha value is -1.63. The topological polar surface area (TPSA) is 76.4 Å². The number of rotatable bonds is 2. The van der Waals surface area contributed by atoms with Crippen LogP contribution in [0.15, 0.2) is 18.2 Å². The Bertz CT molecular complexity index is 694. The first-order valence-electron chi connectivity index (χ1n) is 6.33. The normalized spacial score (nSPS) is 19.6. The highest BCUT2D eigenvalue weighted by Crippen LogP contribution is 2.16. The zero-order valence-electron chi connectivity index (χ0n) is 10.7. The van der Waals surface area contributed by atoms with Gasteiger partial charge in [-0.2, -0.15) is 4.98 Å². The minimum atomic E-state index is -2.83. The molecule has 0 bridgehead atoms. The van der Waals surface area contributed by atoms with E-state index in [0.717, 1.165) is 11.3 Å². The smallest absolute Gasteiger partial charge is 0.243 e. The van der Waals surface area contributed by atoms with Crippen LogP contribution in [0, 0.1) is 6.92 Å². The molecule has 6 nitrogen and oxygen atoms in total. The molecule has 1 fully saturated rings. The van der Waals surface area contributed by atoms with E-state index in [4.69, 9.17) is 0 Å². The van der Waals surface area contributed by atoms with Crippen LogP contribution in [0.3, 0.4) is 0 Å². The van der Waals surface area contributed by atoms with Crippen molar-refractivity contribution in [2.75, 3.05) is 16.8 Å². The second kappa shape index (κ2) is 4.48. The van der Waals surface area contributed by atoms with Crippen molar-refractivity contribution < 1.29 is 8.42 Å². The highest BCUT2D eigenvalue weighted by Gasteiger charge is 2.24. The van der Waals surface area contributed by atoms with Crippen LogP contribution in [0.4, 0.5) is 5.95 Å². The summed E-state index contributed by atoms with van der Waals surface area (Å²) in [6.07, 6.45) is 1.24. The molecule has 1 aliphatic rings. The van der Waals surface area contributed by atoms with Crippen molar-refractivity contribution in [3.63, 3.8) is 0 Å². The number of nitrogens with one attached hydrogen (secondary N) is 1. The van der Waals surface area contributed by atoms with Gasteiger partial charge >= 0.3 is 0 Å². The lowest BCUT2D eigenvalue weighted by atomic mass is 10.2. The number of fused-ring (bicyclic) bond motifs is 1. The third-order valence-electron chi connectivity index (χ3n) is 3.44. The third kappa shape index (κ3) is 2.56. The number of pyridine rings is 1. The lowest BCUT2D eigenvalue weighted by Crippen LogP contribution is -2.32. The second-order valence-electron chi connectivity index (χ2n) is 4.94. The molecule has 2 aromatic heterocycles. The van der Waals surface area contributed by atoms with Crippen molar-refractivity contribution in [1.82, 2.24) is 14.6 Å². The quantitative estimate of drug-likeness (QED) is 0.889. The van der Waals surface area contributed by atoms with Crippen LogP contribution in [-0.2, 0) is 9.84 Å². The number of hydrogen-bond donors (Lipinski definition) is 1. The minimum absolute atomic E-state index is 0.140. The Labute approximate surface area is 111 Å². The zero-order valence-corrected chi connectivity index (χ0v) is 11.5. The molecule has 19 heavy (non-hydrogen) atoms. The fourth-order valence-corrected chi connectivity index (χ4v) is 3.81. The average Bonchev–Trinajstić information content (AvgIpc) is 2.76. The Balaban J connectivity index is 1.77. The summed E-state index contributed by atoms with van der Waals surface area (Å²) in [6.45, 7) is 1.97. The summed E-state index contributed by atoms with van der Waals surface area (Å²) in [7, 11) is -2.83. The van der Waals surface area contributed by atoms with Gasteiger partial charge in [-0.1, -0.05) is 6.07 Å². The van der Waals surface area contributed by atoms with Gasteiger partial charge in [-0.25, -0.2) is 12.9 Å². The van der Waals surface area contributed by atoms with Crippen molar-refractivity contribution in [1.29, 1.82) is 0 Å². The molecule has 0 saturated carbocycles. The summed E-state index contributed by atoms with van der Waals surface area (Å²) >= 11 is 0. The largest absolute Gasteiger partial charge is 0.350 e. The van der Waals surface area contributed by atoms with Crippen molar-refractivity contribution in [3.8, 4) is 0 Å². The summed E-state index contributed by atoms with van der Waals surface area (Å²) in [5.74, 6) is 1.06. The molecule has 0 aromatic carbocycles. The van der Waals surface area contributed by atoms with Gasteiger partial charge in [0.05, 0.1) is 11.5 Å². The Kier molecular flexibility index (Phi) is 2.93. The van der Waals surface area contributed by atoms with E-state index in [0.29, 0.717) is 18.8 Å². The van der Waals surface area contributed by atoms with Gasteiger partial charge in [0.2, 0.25) is 5.95 Å². The van der Waals surface area contributed by atoms with Crippen molar-refractivity contribution in [3.05, 3.63) is 23.9 Å². The van der Waals surface area contributed by atoms with Gasteiger partial charge < -0.3 is 5.32 Å². The fraction of sp³-hybridized carbons (Fsp3) is 0.500. The minimum Gasteiger partial charge on any atom is -0.350 e. The van der Waals surface area contributed by atoms with E-state index in [1.54, 1.807) is 4.52 Å². The maximum atomic E-state index is 11.4. The van der Waals surface area contributed by atoms with Crippen LogP contribution in [0.5, 0.6) is 0 Å². The molecule has 1 N–H and O–H groups in total. The Morgan fingerprint density at radius 2 is 2.05 bits per heavy atom. The summed E-state index contributed by atoms with van der Waals surface area (Å²) in [5.41, 5.74) is 1.82. The van der Waals surface area contributed by atoms with Crippen LogP contribution < -0.4 is 5.32 Å². The Morgan fingerprint density at radius 1 is 1.32 bits per heavy atom. The van der Waals surface area contributed by atoms with Gasteiger partial charge in [-0.3, -0.25) is 0 Å². The fourth-order valence-electron chi connectivity index (χ4n) is 2.31. The lowest BCUT2D eigenvalue weighted by Gasteiger charge is -2.22. The first kappa shape index (κ1) is 12.4. The van der Waals surface area contributed by atoms with Crippen molar-refractivity contribution in [2.45, 2.75) is 25.8 Å². The maximum Gasteiger partial charge on any atom is 0.243 e. The van der Waals surface area contributed by atoms with Crippen LogP contribution in [0.2, 0.25) is 0 Å². The molecule has 2 aromatic rings. The molecular weight excluding hydrogens is 264 g/mol. The van der Waals surface area contributed by atoms with Crippen molar-refractivity contribution >= 4 is 21.4 Å². The van der Waals surface area contributed by atoms with Gasteiger partial charge in [-0.15, -0.1) is 5.10 Å². The number of anilines is 1. The average molecular weight is 280 g/mol. The maximum absolute atomic E-state index is 11.4. The summed E-state index contributed by atoms with van der Waals surface area (Å²) in [5, 5.41) is 7.62. The predicted molar refractivity (Wildman–Crippen MR) is 73.0 cm³/mol. The van der Waals surface area contributed by atoms with E-state index >= 15 is 0 Å². The number of hydrogen-bond acceptors (Lipinski definition) is 5. The molecule has 0 aliphatic carbocycles. The molecule has 1 aliphatic heterocycles. The predicted octanol–water partition coefficient (Wildman–Crippen LogP) is 1.03. The summed E-state index contributed by atoms with van der Waals surface area (Å²) in [6, 6.07) is 5.95. The highest BCUT2D eigenvalue weighted by molar-refractivity contribution is 7.91. The molecule has 0 radical (unpaired) electrons. The first-order chi connectivity index (χ1) is 9.03. The molecule has 0 unspecified atom stereocenters. The van der Waals surface area contributed by atoms with Gasteiger partial charge in [0, 0.05) is 11.7 Å². The summed E-state index contributed by atoms with van der Waals surface area (Å²) < 4.78 is 24.5. The molecular formula is C12H16N4O2S. The molecule has 0 amide bonds. The molecule has 102 valence electrons.